The second kappa shape index (κ2) is 9.52. The Balaban J connectivity index is 0.00000288. The summed E-state index contributed by atoms with van der Waals surface area (Å²) in [5, 5.41) is 3.29. The molecule has 0 saturated carbocycles. The summed E-state index contributed by atoms with van der Waals surface area (Å²) in [5.41, 5.74) is 7.72. The Labute approximate surface area is 153 Å². The number of anilines is 1. The van der Waals surface area contributed by atoms with E-state index in [2.05, 4.69) is 19.2 Å². The molecule has 6 heteroatoms. The van der Waals surface area contributed by atoms with Crippen molar-refractivity contribution in [1.29, 1.82) is 0 Å². The van der Waals surface area contributed by atoms with Crippen molar-refractivity contribution in [3.63, 3.8) is 0 Å². The summed E-state index contributed by atoms with van der Waals surface area (Å²) in [5.74, 6) is 0.841. The molecule has 3 N–H and O–H groups in total. The minimum Gasteiger partial charge on any atom is -0.492 e. The Kier molecular flexibility index (Phi) is 8.05. The fraction of sp³-hybridized carbons (Fsp3) is 0.278. The number of rotatable bonds is 6. The fourth-order valence-electron chi connectivity index (χ4n) is 1.95. The molecule has 130 valence electrons. The van der Waals surface area contributed by atoms with Gasteiger partial charge in [0.25, 0.3) is 5.91 Å². The van der Waals surface area contributed by atoms with Crippen LogP contribution in [0.2, 0.25) is 5.02 Å². The summed E-state index contributed by atoms with van der Waals surface area (Å²) in [6.45, 7) is 5.19. The summed E-state index contributed by atoms with van der Waals surface area (Å²) in [6, 6.07) is 12.4. The van der Waals surface area contributed by atoms with Gasteiger partial charge < -0.3 is 15.8 Å². The van der Waals surface area contributed by atoms with E-state index in [9.17, 15) is 4.79 Å². The molecule has 0 fully saturated rings. The highest BCUT2D eigenvalue weighted by Gasteiger charge is 2.09. The summed E-state index contributed by atoms with van der Waals surface area (Å²) < 4.78 is 5.61. The first-order chi connectivity index (χ1) is 11.0. The molecule has 0 aliphatic carbocycles. The van der Waals surface area contributed by atoms with Crippen LogP contribution in [0.1, 0.15) is 29.8 Å². The third kappa shape index (κ3) is 5.71. The van der Waals surface area contributed by atoms with E-state index < -0.39 is 0 Å². The molecule has 4 nitrogen and oxygen atoms in total. The van der Waals surface area contributed by atoms with E-state index in [1.165, 1.54) is 0 Å². The molecular weight excluding hydrogens is 347 g/mol. The van der Waals surface area contributed by atoms with Crippen LogP contribution >= 0.6 is 24.0 Å². The lowest BCUT2D eigenvalue weighted by molar-refractivity contribution is 0.102. The van der Waals surface area contributed by atoms with E-state index in [0.29, 0.717) is 41.1 Å². The molecular formula is C18H22Cl2N2O2. The van der Waals surface area contributed by atoms with Crippen molar-refractivity contribution in [3.05, 3.63) is 58.6 Å². The Hall–Kier alpha value is -1.75. The summed E-state index contributed by atoms with van der Waals surface area (Å²) in [7, 11) is 0. The largest absolute Gasteiger partial charge is 0.492 e. The molecule has 0 aromatic heterocycles. The van der Waals surface area contributed by atoms with Gasteiger partial charge in [-0.3, -0.25) is 4.79 Å². The Bertz CT molecular complexity index is 673. The lowest BCUT2D eigenvalue weighted by Gasteiger charge is -2.12. The fourth-order valence-corrected chi connectivity index (χ4v) is 2.18. The maximum Gasteiger partial charge on any atom is 0.255 e. The highest BCUT2D eigenvalue weighted by Crippen LogP contribution is 2.28. The van der Waals surface area contributed by atoms with Gasteiger partial charge in [-0.05, 0) is 41.8 Å². The van der Waals surface area contributed by atoms with Crippen molar-refractivity contribution in [3.8, 4) is 5.75 Å². The van der Waals surface area contributed by atoms with E-state index >= 15 is 0 Å². The molecule has 0 heterocycles. The van der Waals surface area contributed by atoms with Gasteiger partial charge in [0.15, 0.2) is 0 Å². The van der Waals surface area contributed by atoms with Gasteiger partial charge >= 0.3 is 0 Å². The predicted octanol–water partition coefficient (Wildman–Crippen LogP) is 4.51. The molecule has 0 unspecified atom stereocenters. The summed E-state index contributed by atoms with van der Waals surface area (Å²) in [4.78, 5) is 12.2. The van der Waals surface area contributed by atoms with E-state index in [4.69, 9.17) is 22.1 Å². The SMILES string of the molecule is CC(C)COc1ccc(NC(=O)c2ccc(CN)cc2)cc1Cl.Cl. The molecule has 1 amide bonds. The number of carbonyl (C=O) groups excluding carboxylic acids is 1. The molecule has 2 aromatic carbocycles. The van der Waals surface area contributed by atoms with E-state index in [-0.39, 0.29) is 18.3 Å². The van der Waals surface area contributed by atoms with Gasteiger partial charge in [0.05, 0.1) is 11.6 Å². The molecule has 24 heavy (non-hydrogen) atoms. The van der Waals surface area contributed by atoms with Crippen LogP contribution in [0.15, 0.2) is 42.5 Å². The zero-order valence-corrected chi connectivity index (χ0v) is 15.3. The van der Waals surface area contributed by atoms with Gasteiger partial charge in [-0.15, -0.1) is 12.4 Å². The van der Waals surface area contributed by atoms with Crippen LogP contribution in [-0.2, 0) is 6.54 Å². The average Bonchev–Trinajstić information content (AvgIpc) is 2.54. The van der Waals surface area contributed by atoms with Crippen LogP contribution in [0.3, 0.4) is 0 Å². The van der Waals surface area contributed by atoms with Crippen LogP contribution in [0.25, 0.3) is 0 Å². The van der Waals surface area contributed by atoms with Crippen LogP contribution in [0.5, 0.6) is 5.75 Å². The minimum atomic E-state index is -0.194. The van der Waals surface area contributed by atoms with Gasteiger partial charge in [0.1, 0.15) is 5.75 Å². The second-order valence-electron chi connectivity index (χ2n) is 5.71. The summed E-state index contributed by atoms with van der Waals surface area (Å²) >= 11 is 6.19. The zero-order chi connectivity index (χ0) is 16.8. The molecule has 0 aliphatic rings. The number of amides is 1. The number of halogens is 2. The highest BCUT2D eigenvalue weighted by molar-refractivity contribution is 6.32. The quantitative estimate of drug-likeness (QED) is 0.788. The molecule has 0 bridgehead atoms. The number of hydrogen-bond acceptors (Lipinski definition) is 3. The van der Waals surface area contributed by atoms with Gasteiger partial charge in [-0.1, -0.05) is 37.6 Å². The third-order valence-corrected chi connectivity index (χ3v) is 3.51. The van der Waals surface area contributed by atoms with Crippen LogP contribution in [-0.4, -0.2) is 12.5 Å². The van der Waals surface area contributed by atoms with Crippen LogP contribution < -0.4 is 15.8 Å². The normalized spacial score (nSPS) is 10.2. The van der Waals surface area contributed by atoms with Crippen molar-refractivity contribution in [1.82, 2.24) is 0 Å². The van der Waals surface area contributed by atoms with E-state index in [1.807, 2.05) is 12.1 Å². The number of benzene rings is 2. The van der Waals surface area contributed by atoms with Crippen molar-refractivity contribution >= 4 is 35.6 Å². The number of hydrogen-bond donors (Lipinski definition) is 2. The number of nitrogens with two attached hydrogens (primary N) is 1. The Morgan fingerprint density at radius 2 is 1.88 bits per heavy atom. The van der Waals surface area contributed by atoms with Crippen molar-refractivity contribution in [2.24, 2.45) is 11.7 Å². The second-order valence-corrected chi connectivity index (χ2v) is 6.11. The number of nitrogens with one attached hydrogen (secondary N) is 1. The molecule has 0 saturated heterocycles. The smallest absolute Gasteiger partial charge is 0.255 e. The predicted molar refractivity (Wildman–Crippen MR) is 101 cm³/mol. The highest BCUT2D eigenvalue weighted by atomic mass is 35.5. The van der Waals surface area contributed by atoms with Gasteiger partial charge in [0.2, 0.25) is 0 Å². The monoisotopic (exact) mass is 368 g/mol. The molecule has 0 spiro atoms. The summed E-state index contributed by atoms with van der Waals surface area (Å²) in [6.07, 6.45) is 0. The van der Waals surface area contributed by atoms with Crippen molar-refractivity contribution in [2.75, 3.05) is 11.9 Å². The Morgan fingerprint density at radius 3 is 2.42 bits per heavy atom. The lowest BCUT2D eigenvalue weighted by Crippen LogP contribution is -2.12. The maximum atomic E-state index is 12.2. The first-order valence-electron chi connectivity index (χ1n) is 7.52. The lowest BCUT2D eigenvalue weighted by atomic mass is 10.1. The first-order valence-corrected chi connectivity index (χ1v) is 7.90. The zero-order valence-electron chi connectivity index (χ0n) is 13.7. The standard InChI is InChI=1S/C18H21ClN2O2.ClH/c1-12(2)11-23-17-8-7-15(9-16(17)19)21-18(22)14-5-3-13(10-20)4-6-14;/h3-9,12H,10-11,20H2,1-2H3,(H,21,22);1H. The Morgan fingerprint density at radius 1 is 1.21 bits per heavy atom. The topological polar surface area (TPSA) is 64.3 Å². The minimum absolute atomic E-state index is 0. The van der Waals surface area contributed by atoms with Gasteiger partial charge in [-0.25, -0.2) is 0 Å². The van der Waals surface area contributed by atoms with Crippen molar-refractivity contribution < 1.29 is 9.53 Å². The average molecular weight is 369 g/mol. The third-order valence-electron chi connectivity index (χ3n) is 3.21. The maximum absolute atomic E-state index is 12.2. The van der Waals surface area contributed by atoms with E-state index in [0.717, 1.165) is 5.56 Å². The van der Waals surface area contributed by atoms with Crippen LogP contribution in [0.4, 0.5) is 5.69 Å². The van der Waals surface area contributed by atoms with Gasteiger partial charge in [-0.2, -0.15) is 0 Å². The molecule has 0 aliphatic heterocycles. The van der Waals surface area contributed by atoms with Gasteiger partial charge in [0, 0.05) is 17.8 Å². The van der Waals surface area contributed by atoms with Crippen molar-refractivity contribution in [2.45, 2.75) is 20.4 Å². The molecule has 0 radical (unpaired) electrons. The molecule has 2 aromatic rings. The van der Waals surface area contributed by atoms with E-state index in [1.54, 1.807) is 30.3 Å². The van der Waals surface area contributed by atoms with Crippen LogP contribution in [0, 0.1) is 5.92 Å². The number of carbonyl (C=O) groups is 1. The molecule has 2 rings (SSSR count). The molecule has 0 atom stereocenters. The number of ether oxygens (including phenoxy) is 1. The first kappa shape index (κ1) is 20.3.